The quantitative estimate of drug-likeness (QED) is 0.587. The highest BCUT2D eigenvalue weighted by Crippen LogP contribution is 2.31. The standard InChI is InChI=1S/C21H22F2N2O4/c1-12-17-10-16(27-3)8-9-18(17)29-19(12)13(2)25-21(26)24-11-14-4-6-15(7-5-14)28-20(22)23/h4-10,13,20H,11H2,1-3H3,(H2,24,25,26). The molecule has 1 unspecified atom stereocenters. The molecule has 0 aliphatic heterocycles. The number of halogens is 2. The molecule has 3 rings (SSSR count). The molecule has 2 N–H and O–H groups in total. The summed E-state index contributed by atoms with van der Waals surface area (Å²) in [5, 5.41) is 6.50. The lowest BCUT2D eigenvalue weighted by atomic mass is 10.1. The van der Waals surface area contributed by atoms with Gasteiger partial charge in [0.25, 0.3) is 0 Å². The number of furan rings is 1. The number of urea groups is 1. The Labute approximate surface area is 166 Å². The Balaban J connectivity index is 1.59. The maximum Gasteiger partial charge on any atom is 0.387 e. The minimum Gasteiger partial charge on any atom is -0.497 e. The summed E-state index contributed by atoms with van der Waals surface area (Å²) >= 11 is 0. The number of aryl methyl sites for hydroxylation is 1. The van der Waals surface area contributed by atoms with E-state index in [0.29, 0.717) is 5.76 Å². The van der Waals surface area contributed by atoms with Crippen LogP contribution in [-0.2, 0) is 6.54 Å². The predicted molar refractivity (Wildman–Crippen MR) is 104 cm³/mol. The molecule has 3 aromatic rings. The van der Waals surface area contributed by atoms with Crippen molar-refractivity contribution >= 4 is 17.0 Å². The van der Waals surface area contributed by atoms with Gasteiger partial charge in [0.1, 0.15) is 22.8 Å². The van der Waals surface area contributed by atoms with Crippen LogP contribution >= 0.6 is 0 Å². The first kappa shape index (κ1) is 20.4. The van der Waals surface area contributed by atoms with Gasteiger partial charge in [-0.15, -0.1) is 0 Å². The van der Waals surface area contributed by atoms with Gasteiger partial charge in [0.05, 0.1) is 13.2 Å². The topological polar surface area (TPSA) is 72.7 Å². The van der Waals surface area contributed by atoms with Crippen LogP contribution in [0.2, 0.25) is 0 Å². The number of fused-ring (bicyclic) bond motifs is 1. The fourth-order valence-electron chi connectivity index (χ4n) is 3.04. The van der Waals surface area contributed by atoms with Crippen molar-refractivity contribution in [3.63, 3.8) is 0 Å². The van der Waals surface area contributed by atoms with E-state index in [2.05, 4.69) is 15.4 Å². The lowest BCUT2D eigenvalue weighted by Crippen LogP contribution is -2.36. The molecular formula is C21H22F2N2O4. The Hall–Kier alpha value is -3.29. The average Bonchev–Trinajstić information content (AvgIpc) is 3.03. The van der Waals surface area contributed by atoms with Gasteiger partial charge in [-0.3, -0.25) is 0 Å². The van der Waals surface area contributed by atoms with E-state index in [4.69, 9.17) is 9.15 Å². The van der Waals surface area contributed by atoms with Crippen LogP contribution < -0.4 is 20.1 Å². The Kier molecular flexibility index (Phi) is 6.21. The van der Waals surface area contributed by atoms with Gasteiger partial charge in [-0.1, -0.05) is 12.1 Å². The second-order valence-corrected chi connectivity index (χ2v) is 6.52. The van der Waals surface area contributed by atoms with E-state index < -0.39 is 6.61 Å². The lowest BCUT2D eigenvalue weighted by Gasteiger charge is -2.14. The van der Waals surface area contributed by atoms with Gasteiger partial charge in [0.2, 0.25) is 0 Å². The molecule has 1 heterocycles. The van der Waals surface area contributed by atoms with Crippen LogP contribution in [-0.4, -0.2) is 19.8 Å². The van der Waals surface area contributed by atoms with Gasteiger partial charge in [0.15, 0.2) is 0 Å². The van der Waals surface area contributed by atoms with Crippen LogP contribution in [0.4, 0.5) is 13.6 Å². The third-order valence-corrected chi connectivity index (χ3v) is 4.52. The third kappa shape index (κ3) is 4.96. The number of benzene rings is 2. The highest BCUT2D eigenvalue weighted by Gasteiger charge is 2.18. The van der Waals surface area contributed by atoms with Crippen molar-refractivity contribution in [2.75, 3.05) is 7.11 Å². The van der Waals surface area contributed by atoms with Crippen LogP contribution in [0.25, 0.3) is 11.0 Å². The van der Waals surface area contributed by atoms with E-state index in [1.165, 1.54) is 12.1 Å². The van der Waals surface area contributed by atoms with Gasteiger partial charge in [-0.25, -0.2) is 4.79 Å². The molecule has 2 amide bonds. The third-order valence-electron chi connectivity index (χ3n) is 4.52. The van der Waals surface area contributed by atoms with Crippen molar-refractivity contribution in [3.05, 3.63) is 59.4 Å². The Morgan fingerprint density at radius 1 is 1.14 bits per heavy atom. The SMILES string of the molecule is COc1ccc2oc(C(C)NC(=O)NCc3ccc(OC(F)F)cc3)c(C)c2c1. The van der Waals surface area contributed by atoms with E-state index in [1.807, 2.05) is 32.0 Å². The number of methoxy groups -OCH3 is 1. The van der Waals surface area contributed by atoms with E-state index in [-0.39, 0.29) is 24.4 Å². The number of carbonyl (C=O) groups excluding carboxylic acids is 1. The molecule has 29 heavy (non-hydrogen) atoms. The van der Waals surface area contributed by atoms with Gasteiger partial charge < -0.3 is 24.5 Å². The van der Waals surface area contributed by atoms with E-state index in [9.17, 15) is 13.6 Å². The zero-order valence-electron chi connectivity index (χ0n) is 16.3. The van der Waals surface area contributed by atoms with Crippen LogP contribution in [0.15, 0.2) is 46.9 Å². The summed E-state index contributed by atoms with van der Waals surface area (Å²) in [5.74, 6) is 1.46. The summed E-state index contributed by atoms with van der Waals surface area (Å²) < 4.78 is 39.8. The molecule has 8 heteroatoms. The number of amides is 2. The first-order valence-electron chi connectivity index (χ1n) is 9.02. The molecule has 2 aromatic carbocycles. The zero-order chi connectivity index (χ0) is 21.0. The molecule has 0 saturated heterocycles. The average molecular weight is 404 g/mol. The number of hydrogen-bond donors (Lipinski definition) is 2. The molecule has 154 valence electrons. The molecule has 0 radical (unpaired) electrons. The molecule has 0 aliphatic rings. The molecule has 0 aliphatic carbocycles. The Morgan fingerprint density at radius 3 is 2.48 bits per heavy atom. The van der Waals surface area contributed by atoms with E-state index >= 15 is 0 Å². The summed E-state index contributed by atoms with van der Waals surface area (Å²) in [7, 11) is 1.60. The number of nitrogens with one attached hydrogen (secondary N) is 2. The first-order valence-corrected chi connectivity index (χ1v) is 9.02. The van der Waals surface area contributed by atoms with Crippen LogP contribution in [0.3, 0.4) is 0 Å². The second kappa shape index (κ2) is 8.81. The predicted octanol–water partition coefficient (Wildman–Crippen LogP) is 4.91. The van der Waals surface area contributed by atoms with E-state index in [0.717, 1.165) is 27.8 Å². The van der Waals surface area contributed by atoms with Crippen molar-refractivity contribution in [1.82, 2.24) is 10.6 Å². The van der Waals surface area contributed by atoms with Crippen molar-refractivity contribution in [3.8, 4) is 11.5 Å². The molecule has 0 bridgehead atoms. The fourth-order valence-corrected chi connectivity index (χ4v) is 3.04. The summed E-state index contributed by atoms with van der Waals surface area (Å²) in [6.45, 7) is 1.13. The minimum absolute atomic E-state index is 0.0683. The minimum atomic E-state index is -2.87. The normalized spacial score (nSPS) is 12.1. The number of ether oxygens (including phenoxy) is 2. The summed E-state index contributed by atoms with van der Waals surface area (Å²) in [6, 6.07) is 10.9. The molecule has 6 nitrogen and oxygen atoms in total. The maximum atomic E-state index is 12.2. The second-order valence-electron chi connectivity index (χ2n) is 6.52. The fraction of sp³-hybridized carbons (Fsp3) is 0.286. The number of rotatable bonds is 7. The maximum absolute atomic E-state index is 12.2. The number of hydrogen-bond acceptors (Lipinski definition) is 4. The number of alkyl halides is 2. The van der Waals surface area contributed by atoms with Crippen molar-refractivity contribution in [2.24, 2.45) is 0 Å². The summed E-state index contributed by atoms with van der Waals surface area (Å²) in [6.07, 6.45) is 0. The Bertz CT molecular complexity index is 986. The monoisotopic (exact) mass is 404 g/mol. The van der Waals surface area contributed by atoms with Crippen LogP contribution in [0, 0.1) is 6.92 Å². The first-order chi connectivity index (χ1) is 13.9. The van der Waals surface area contributed by atoms with Crippen LogP contribution in [0.5, 0.6) is 11.5 Å². The Morgan fingerprint density at radius 2 is 1.83 bits per heavy atom. The van der Waals surface area contributed by atoms with Gasteiger partial charge >= 0.3 is 12.6 Å². The van der Waals surface area contributed by atoms with Crippen molar-refractivity contribution < 1.29 is 27.5 Å². The molecule has 1 aromatic heterocycles. The summed E-state index contributed by atoms with van der Waals surface area (Å²) in [4.78, 5) is 12.2. The van der Waals surface area contributed by atoms with Gasteiger partial charge in [0, 0.05) is 17.5 Å². The highest BCUT2D eigenvalue weighted by atomic mass is 19.3. The van der Waals surface area contributed by atoms with E-state index in [1.54, 1.807) is 19.2 Å². The molecule has 0 spiro atoms. The number of carbonyl (C=O) groups is 1. The molecule has 0 fully saturated rings. The zero-order valence-corrected chi connectivity index (χ0v) is 16.3. The van der Waals surface area contributed by atoms with Crippen molar-refractivity contribution in [2.45, 2.75) is 33.0 Å². The smallest absolute Gasteiger partial charge is 0.387 e. The molecular weight excluding hydrogens is 382 g/mol. The lowest BCUT2D eigenvalue weighted by molar-refractivity contribution is -0.0498. The van der Waals surface area contributed by atoms with Crippen molar-refractivity contribution in [1.29, 1.82) is 0 Å². The molecule has 1 atom stereocenters. The molecule has 0 saturated carbocycles. The van der Waals surface area contributed by atoms with Crippen LogP contribution in [0.1, 0.15) is 29.9 Å². The van der Waals surface area contributed by atoms with Gasteiger partial charge in [-0.2, -0.15) is 8.78 Å². The largest absolute Gasteiger partial charge is 0.497 e. The highest BCUT2D eigenvalue weighted by molar-refractivity contribution is 5.84. The summed E-state index contributed by atoms with van der Waals surface area (Å²) in [5.41, 5.74) is 2.40. The van der Waals surface area contributed by atoms with Gasteiger partial charge in [-0.05, 0) is 49.7 Å².